The van der Waals surface area contributed by atoms with Crippen LogP contribution in [0.25, 0.3) is 0 Å². The summed E-state index contributed by atoms with van der Waals surface area (Å²) in [5, 5.41) is 3.90. The lowest BCUT2D eigenvalue weighted by atomic mass is 9.90. The van der Waals surface area contributed by atoms with Gasteiger partial charge in [0.05, 0.1) is 5.02 Å². The van der Waals surface area contributed by atoms with Crippen molar-refractivity contribution in [1.29, 1.82) is 0 Å². The maximum Gasteiger partial charge on any atom is 0.265 e. The van der Waals surface area contributed by atoms with E-state index in [1.807, 2.05) is 12.1 Å². The Morgan fingerprint density at radius 3 is 2.75 bits per heavy atom. The minimum Gasteiger partial charge on any atom is -0.479 e. The van der Waals surface area contributed by atoms with Crippen molar-refractivity contribution in [2.75, 3.05) is 5.32 Å². The van der Waals surface area contributed by atoms with Gasteiger partial charge in [-0.25, -0.2) is 0 Å². The number of amides is 1. The summed E-state index contributed by atoms with van der Waals surface area (Å²) >= 11 is 12.0. The number of rotatable bonds is 4. The molecule has 0 heterocycles. The summed E-state index contributed by atoms with van der Waals surface area (Å²) in [7, 11) is 0. The molecule has 0 aliphatic heterocycles. The molecule has 0 aromatic heterocycles. The SMILES string of the molecule is C[C@@H](Oc1ccc(Cl)cc1Cl)C(=O)Nc1cccc2c1CCCC2. The maximum absolute atomic E-state index is 12.5. The summed E-state index contributed by atoms with van der Waals surface area (Å²) in [5.74, 6) is 0.249. The van der Waals surface area contributed by atoms with Crippen LogP contribution in [0.1, 0.15) is 30.9 Å². The first-order chi connectivity index (χ1) is 11.5. The zero-order valence-corrected chi connectivity index (χ0v) is 15.0. The van der Waals surface area contributed by atoms with Gasteiger partial charge in [0, 0.05) is 10.7 Å². The molecule has 2 aromatic carbocycles. The zero-order chi connectivity index (χ0) is 17.1. The third-order valence-electron chi connectivity index (χ3n) is 4.22. The van der Waals surface area contributed by atoms with Crippen molar-refractivity contribution in [3.8, 4) is 5.75 Å². The smallest absolute Gasteiger partial charge is 0.265 e. The highest BCUT2D eigenvalue weighted by molar-refractivity contribution is 6.35. The van der Waals surface area contributed by atoms with Crippen molar-refractivity contribution in [3.63, 3.8) is 0 Å². The Morgan fingerprint density at radius 2 is 1.96 bits per heavy atom. The van der Waals surface area contributed by atoms with Crippen LogP contribution < -0.4 is 10.1 Å². The van der Waals surface area contributed by atoms with Crippen molar-refractivity contribution < 1.29 is 9.53 Å². The van der Waals surface area contributed by atoms with E-state index in [1.165, 1.54) is 17.5 Å². The fourth-order valence-electron chi connectivity index (χ4n) is 2.95. The van der Waals surface area contributed by atoms with Crippen molar-refractivity contribution in [2.45, 2.75) is 38.7 Å². The van der Waals surface area contributed by atoms with E-state index in [0.29, 0.717) is 15.8 Å². The van der Waals surface area contributed by atoms with Crippen LogP contribution in [0.3, 0.4) is 0 Å². The third-order valence-corrected chi connectivity index (χ3v) is 4.75. The van der Waals surface area contributed by atoms with Gasteiger partial charge in [-0.1, -0.05) is 35.3 Å². The van der Waals surface area contributed by atoms with Crippen LogP contribution in [0.4, 0.5) is 5.69 Å². The van der Waals surface area contributed by atoms with E-state index in [4.69, 9.17) is 27.9 Å². The summed E-state index contributed by atoms with van der Waals surface area (Å²) in [5.41, 5.74) is 3.46. The predicted molar refractivity (Wildman–Crippen MR) is 98.3 cm³/mol. The average molecular weight is 364 g/mol. The van der Waals surface area contributed by atoms with Crippen molar-refractivity contribution in [3.05, 3.63) is 57.6 Å². The first-order valence-corrected chi connectivity index (χ1v) is 8.83. The Morgan fingerprint density at radius 1 is 1.17 bits per heavy atom. The highest BCUT2D eigenvalue weighted by atomic mass is 35.5. The molecule has 2 aromatic rings. The Balaban J connectivity index is 1.71. The molecule has 3 nitrogen and oxygen atoms in total. The lowest BCUT2D eigenvalue weighted by molar-refractivity contribution is -0.122. The van der Waals surface area contributed by atoms with Crippen LogP contribution in [-0.4, -0.2) is 12.0 Å². The summed E-state index contributed by atoms with van der Waals surface area (Å²) in [6.07, 6.45) is 3.78. The number of carbonyl (C=O) groups excluding carboxylic acids is 1. The normalized spacial score (nSPS) is 14.6. The standard InChI is InChI=1S/C19H19Cl2NO2/c1-12(24-18-10-9-14(20)11-16(18)21)19(23)22-17-8-4-6-13-5-2-3-7-15(13)17/h4,6,8-12H,2-3,5,7H2,1H3,(H,22,23)/t12-/m1/s1. The van der Waals surface area contributed by atoms with Crippen LogP contribution in [0, 0.1) is 0 Å². The molecule has 1 atom stereocenters. The quantitative estimate of drug-likeness (QED) is 0.802. The molecule has 0 spiro atoms. The zero-order valence-electron chi connectivity index (χ0n) is 13.4. The number of hydrogen-bond donors (Lipinski definition) is 1. The van der Waals surface area contributed by atoms with E-state index in [9.17, 15) is 4.79 Å². The largest absolute Gasteiger partial charge is 0.479 e. The van der Waals surface area contributed by atoms with Gasteiger partial charge >= 0.3 is 0 Å². The highest BCUT2D eigenvalue weighted by Crippen LogP contribution is 2.30. The van der Waals surface area contributed by atoms with Gasteiger partial charge in [-0.15, -0.1) is 0 Å². The van der Waals surface area contributed by atoms with Crippen LogP contribution in [0.2, 0.25) is 10.0 Å². The average Bonchev–Trinajstić information content (AvgIpc) is 2.57. The molecule has 1 aliphatic rings. The van der Waals surface area contributed by atoms with Crippen LogP contribution in [-0.2, 0) is 17.6 Å². The second-order valence-electron chi connectivity index (χ2n) is 5.97. The van der Waals surface area contributed by atoms with Gasteiger partial charge in [-0.05, 0) is 68.0 Å². The van der Waals surface area contributed by atoms with Gasteiger partial charge in [0.25, 0.3) is 5.91 Å². The lowest BCUT2D eigenvalue weighted by Gasteiger charge is -2.21. The van der Waals surface area contributed by atoms with Gasteiger partial charge < -0.3 is 10.1 Å². The Hall–Kier alpha value is -1.71. The molecule has 1 aliphatic carbocycles. The van der Waals surface area contributed by atoms with E-state index in [2.05, 4.69) is 11.4 Å². The molecule has 126 valence electrons. The molecular formula is C19H19Cl2NO2. The van der Waals surface area contributed by atoms with E-state index in [1.54, 1.807) is 25.1 Å². The molecular weight excluding hydrogens is 345 g/mol. The molecule has 0 saturated heterocycles. The lowest BCUT2D eigenvalue weighted by Crippen LogP contribution is -2.30. The number of benzene rings is 2. The summed E-state index contributed by atoms with van der Waals surface area (Å²) < 4.78 is 5.68. The molecule has 1 N–H and O–H groups in total. The molecule has 1 amide bonds. The molecule has 0 saturated carbocycles. The molecule has 0 radical (unpaired) electrons. The fourth-order valence-corrected chi connectivity index (χ4v) is 3.40. The van der Waals surface area contributed by atoms with Crippen molar-refractivity contribution in [1.82, 2.24) is 0 Å². The minimum absolute atomic E-state index is 0.194. The monoisotopic (exact) mass is 363 g/mol. The summed E-state index contributed by atoms with van der Waals surface area (Å²) in [4.78, 5) is 12.5. The Bertz CT molecular complexity index is 761. The number of anilines is 1. The van der Waals surface area contributed by atoms with Crippen LogP contribution >= 0.6 is 23.2 Å². The molecule has 24 heavy (non-hydrogen) atoms. The second-order valence-corrected chi connectivity index (χ2v) is 6.82. The topological polar surface area (TPSA) is 38.3 Å². The van der Waals surface area contributed by atoms with Gasteiger partial charge in [0.1, 0.15) is 5.75 Å². The molecule has 0 fully saturated rings. The molecule has 3 rings (SSSR count). The number of halogens is 2. The molecule has 0 bridgehead atoms. The number of ether oxygens (including phenoxy) is 1. The number of nitrogens with one attached hydrogen (secondary N) is 1. The number of hydrogen-bond acceptors (Lipinski definition) is 2. The van der Waals surface area contributed by atoms with E-state index in [-0.39, 0.29) is 5.91 Å². The summed E-state index contributed by atoms with van der Waals surface area (Å²) in [6, 6.07) is 11.0. The van der Waals surface area contributed by atoms with Gasteiger partial charge in [-0.3, -0.25) is 4.79 Å². The van der Waals surface area contributed by atoms with Gasteiger partial charge in [0.2, 0.25) is 0 Å². The minimum atomic E-state index is -0.664. The Labute approximate surface area is 151 Å². The number of fused-ring (bicyclic) bond motifs is 1. The van der Waals surface area contributed by atoms with Crippen molar-refractivity contribution in [2.24, 2.45) is 0 Å². The maximum atomic E-state index is 12.5. The van der Waals surface area contributed by atoms with Gasteiger partial charge in [0.15, 0.2) is 6.10 Å². The van der Waals surface area contributed by atoms with Crippen LogP contribution in [0.5, 0.6) is 5.75 Å². The van der Waals surface area contributed by atoms with E-state index in [0.717, 1.165) is 24.9 Å². The Kier molecular flexibility index (Phi) is 5.32. The highest BCUT2D eigenvalue weighted by Gasteiger charge is 2.19. The first-order valence-electron chi connectivity index (χ1n) is 8.08. The fraction of sp³-hybridized carbons (Fsp3) is 0.316. The summed E-state index contributed by atoms with van der Waals surface area (Å²) in [6.45, 7) is 1.70. The molecule has 5 heteroatoms. The second kappa shape index (κ2) is 7.45. The first kappa shape index (κ1) is 17.1. The van der Waals surface area contributed by atoms with E-state index < -0.39 is 6.10 Å². The molecule has 0 unspecified atom stereocenters. The third kappa shape index (κ3) is 3.85. The van der Waals surface area contributed by atoms with Crippen LogP contribution in [0.15, 0.2) is 36.4 Å². The van der Waals surface area contributed by atoms with E-state index >= 15 is 0 Å². The number of carbonyl (C=O) groups is 1. The van der Waals surface area contributed by atoms with Crippen molar-refractivity contribution >= 4 is 34.8 Å². The van der Waals surface area contributed by atoms with Gasteiger partial charge in [-0.2, -0.15) is 0 Å². The predicted octanol–water partition coefficient (Wildman–Crippen LogP) is 5.28. The number of aryl methyl sites for hydroxylation is 1.